The Bertz CT molecular complexity index is 1310. The lowest BCUT2D eigenvalue weighted by Gasteiger charge is -2.09. The van der Waals surface area contributed by atoms with Gasteiger partial charge >= 0.3 is 5.69 Å². The van der Waals surface area contributed by atoms with Gasteiger partial charge in [-0.05, 0) is 42.5 Å². The molecule has 1 amide bonds. The number of halogens is 2. The Morgan fingerprint density at radius 2 is 1.94 bits per heavy atom. The highest BCUT2D eigenvalue weighted by Crippen LogP contribution is 2.33. The quantitative estimate of drug-likeness (QED) is 0.292. The Labute approximate surface area is 185 Å². The zero-order valence-corrected chi connectivity index (χ0v) is 17.2. The van der Waals surface area contributed by atoms with Crippen molar-refractivity contribution in [1.82, 2.24) is 4.98 Å². The van der Waals surface area contributed by atoms with Gasteiger partial charge in [-0.2, -0.15) is 0 Å². The minimum absolute atomic E-state index is 0.00424. The molecule has 0 aliphatic carbocycles. The summed E-state index contributed by atoms with van der Waals surface area (Å²) in [6.45, 7) is -0.413. The van der Waals surface area contributed by atoms with Crippen LogP contribution in [0.2, 0.25) is 10.0 Å². The second kappa shape index (κ2) is 8.63. The van der Waals surface area contributed by atoms with Crippen molar-refractivity contribution in [2.45, 2.75) is 0 Å². The number of hydrogen-bond acceptors (Lipinski definition) is 6. The first-order valence-electron chi connectivity index (χ1n) is 8.93. The molecular formula is C21H13Cl2N3O5. The lowest BCUT2D eigenvalue weighted by atomic mass is 10.2. The minimum atomic E-state index is -0.577. The number of nitrogens with zero attached hydrogens (tertiary/aromatic N) is 2. The smallest absolute Gasteiger partial charge is 0.310 e. The Balaban J connectivity index is 1.50. The second-order valence-corrected chi connectivity index (χ2v) is 7.23. The number of para-hydroxylation sites is 2. The van der Waals surface area contributed by atoms with Crippen molar-refractivity contribution >= 4 is 51.6 Å². The molecule has 4 aromatic rings. The number of aromatic nitrogens is 1. The van der Waals surface area contributed by atoms with Crippen molar-refractivity contribution in [2.75, 3.05) is 11.9 Å². The summed E-state index contributed by atoms with van der Waals surface area (Å²) in [5, 5.41) is 14.6. The van der Waals surface area contributed by atoms with Gasteiger partial charge in [0.15, 0.2) is 17.9 Å². The van der Waals surface area contributed by atoms with E-state index >= 15 is 0 Å². The number of carbonyl (C=O) groups excluding carboxylic acids is 1. The van der Waals surface area contributed by atoms with E-state index in [9.17, 15) is 14.9 Å². The number of hydrogen-bond donors (Lipinski definition) is 1. The summed E-state index contributed by atoms with van der Waals surface area (Å²) in [4.78, 5) is 27.1. The fraction of sp³-hybridized carbons (Fsp3) is 0.0476. The summed E-state index contributed by atoms with van der Waals surface area (Å²) in [7, 11) is 0. The third kappa shape index (κ3) is 4.60. The van der Waals surface area contributed by atoms with Crippen LogP contribution in [0.5, 0.6) is 5.75 Å². The molecule has 0 saturated heterocycles. The number of nitro groups is 1. The summed E-state index contributed by atoms with van der Waals surface area (Å²) in [6, 6.07) is 15.7. The molecule has 0 aliphatic rings. The first kappa shape index (κ1) is 20.6. The van der Waals surface area contributed by atoms with Gasteiger partial charge in [-0.15, -0.1) is 0 Å². The fourth-order valence-corrected chi connectivity index (χ4v) is 3.22. The summed E-state index contributed by atoms with van der Waals surface area (Å²) < 4.78 is 11.0. The molecule has 0 spiro atoms. The molecule has 4 rings (SSSR count). The number of benzene rings is 3. The SMILES string of the molecule is O=C(COc1ccccc1[N+](=O)[O-])Nc1ccc(Cl)c(-c2nc3cc(Cl)ccc3o2)c1. The molecule has 3 aromatic carbocycles. The second-order valence-electron chi connectivity index (χ2n) is 6.39. The summed E-state index contributed by atoms with van der Waals surface area (Å²) >= 11 is 12.3. The van der Waals surface area contributed by atoms with Crippen LogP contribution in [0.15, 0.2) is 65.1 Å². The van der Waals surface area contributed by atoms with Gasteiger partial charge in [-0.25, -0.2) is 4.98 Å². The maximum atomic E-state index is 12.3. The summed E-state index contributed by atoms with van der Waals surface area (Å²) in [6.07, 6.45) is 0. The highest BCUT2D eigenvalue weighted by molar-refractivity contribution is 6.33. The van der Waals surface area contributed by atoms with Crippen molar-refractivity contribution in [3.05, 3.63) is 80.8 Å². The molecule has 0 aliphatic heterocycles. The summed E-state index contributed by atoms with van der Waals surface area (Å²) in [5.74, 6) is -0.227. The van der Waals surface area contributed by atoms with Crippen LogP contribution in [0.1, 0.15) is 0 Å². The normalized spacial score (nSPS) is 10.8. The van der Waals surface area contributed by atoms with E-state index in [2.05, 4.69) is 10.3 Å². The summed E-state index contributed by atoms with van der Waals surface area (Å²) in [5.41, 5.74) is 1.80. The van der Waals surface area contributed by atoms with Gasteiger partial charge in [0, 0.05) is 16.8 Å². The molecule has 0 radical (unpaired) electrons. The van der Waals surface area contributed by atoms with E-state index in [4.69, 9.17) is 32.4 Å². The van der Waals surface area contributed by atoms with Crippen LogP contribution in [0.4, 0.5) is 11.4 Å². The average Bonchev–Trinajstić information content (AvgIpc) is 3.16. The number of amides is 1. The van der Waals surface area contributed by atoms with Gasteiger partial charge in [0.2, 0.25) is 5.89 Å². The molecule has 1 aromatic heterocycles. The molecule has 0 saturated carbocycles. The Morgan fingerprint density at radius 1 is 1.13 bits per heavy atom. The number of carbonyl (C=O) groups is 1. The Kier molecular flexibility index (Phi) is 5.75. The number of oxazole rings is 1. The fourth-order valence-electron chi connectivity index (χ4n) is 2.85. The first-order valence-corrected chi connectivity index (χ1v) is 9.68. The zero-order chi connectivity index (χ0) is 22.0. The van der Waals surface area contributed by atoms with Gasteiger partial charge in [-0.3, -0.25) is 14.9 Å². The van der Waals surface area contributed by atoms with Crippen LogP contribution in [0.3, 0.4) is 0 Å². The third-order valence-electron chi connectivity index (χ3n) is 4.25. The van der Waals surface area contributed by atoms with E-state index < -0.39 is 17.4 Å². The third-order valence-corrected chi connectivity index (χ3v) is 4.82. The Morgan fingerprint density at radius 3 is 2.74 bits per heavy atom. The lowest BCUT2D eigenvalue weighted by molar-refractivity contribution is -0.385. The van der Waals surface area contributed by atoms with Crippen LogP contribution in [0, 0.1) is 10.1 Å². The van der Waals surface area contributed by atoms with Gasteiger partial charge in [0.1, 0.15) is 5.52 Å². The van der Waals surface area contributed by atoms with Crippen molar-refractivity contribution in [3.63, 3.8) is 0 Å². The maximum absolute atomic E-state index is 12.3. The Hall–Kier alpha value is -3.62. The van der Waals surface area contributed by atoms with E-state index in [-0.39, 0.29) is 17.3 Å². The molecule has 0 bridgehead atoms. The van der Waals surface area contributed by atoms with Gasteiger partial charge < -0.3 is 14.5 Å². The first-order chi connectivity index (χ1) is 14.9. The van der Waals surface area contributed by atoms with E-state index in [0.29, 0.717) is 32.4 Å². The molecule has 10 heteroatoms. The highest BCUT2D eigenvalue weighted by atomic mass is 35.5. The molecule has 8 nitrogen and oxygen atoms in total. The van der Waals surface area contributed by atoms with Crippen molar-refractivity contribution in [2.24, 2.45) is 0 Å². The standard InChI is InChI=1S/C21H13Cl2N3O5/c22-12-5-8-18-16(9-12)25-21(31-18)14-10-13(6-7-15(14)23)24-20(27)11-30-19-4-2-1-3-17(19)26(28)29/h1-10H,11H2,(H,24,27). The molecule has 0 fully saturated rings. The van der Waals surface area contributed by atoms with Crippen molar-refractivity contribution in [3.8, 4) is 17.2 Å². The molecule has 31 heavy (non-hydrogen) atoms. The molecule has 156 valence electrons. The van der Waals surface area contributed by atoms with Crippen molar-refractivity contribution in [1.29, 1.82) is 0 Å². The van der Waals surface area contributed by atoms with E-state index in [0.717, 1.165) is 0 Å². The van der Waals surface area contributed by atoms with Gasteiger partial charge in [0.05, 0.1) is 15.5 Å². The molecule has 0 unspecified atom stereocenters. The number of fused-ring (bicyclic) bond motifs is 1. The highest BCUT2D eigenvalue weighted by Gasteiger charge is 2.16. The molecule has 1 N–H and O–H groups in total. The molecule has 0 atom stereocenters. The predicted molar refractivity (Wildman–Crippen MR) is 117 cm³/mol. The van der Waals surface area contributed by atoms with Crippen LogP contribution in [-0.2, 0) is 4.79 Å². The zero-order valence-electron chi connectivity index (χ0n) is 15.7. The largest absolute Gasteiger partial charge is 0.477 e. The number of nitrogens with one attached hydrogen (secondary N) is 1. The maximum Gasteiger partial charge on any atom is 0.310 e. The number of anilines is 1. The van der Waals surface area contributed by atoms with Gasteiger partial charge in [0.25, 0.3) is 5.91 Å². The predicted octanol–water partition coefficient (Wildman–Crippen LogP) is 5.73. The molecular weight excluding hydrogens is 445 g/mol. The average molecular weight is 458 g/mol. The number of ether oxygens (including phenoxy) is 1. The number of nitro benzene ring substituents is 1. The monoisotopic (exact) mass is 457 g/mol. The van der Waals surface area contributed by atoms with Crippen LogP contribution >= 0.6 is 23.2 Å². The molecule has 1 heterocycles. The van der Waals surface area contributed by atoms with E-state index in [1.807, 2.05) is 0 Å². The topological polar surface area (TPSA) is 108 Å². The minimum Gasteiger partial charge on any atom is -0.477 e. The van der Waals surface area contributed by atoms with Crippen LogP contribution < -0.4 is 10.1 Å². The number of rotatable bonds is 6. The van der Waals surface area contributed by atoms with Crippen LogP contribution in [0.25, 0.3) is 22.6 Å². The van der Waals surface area contributed by atoms with E-state index in [1.165, 1.54) is 18.2 Å². The van der Waals surface area contributed by atoms with Crippen molar-refractivity contribution < 1.29 is 18.9 Å². The van der Waals surface area contributed by atoms with E-state index in [1.54, 1.807) is 42.5 Å². The van der Waals surface area contributed by atoms with Crippen LogP contribution in [-0.4, -0.2) is 22.4 Å². The van der Waals surface area contributed by atoms with Gasteiger partial charge in [-0.1, -0.05) is 35.3 Å². The lowest BCUT2D eigenvalue weighted by Crippen LogP contribution is -2.20.